The topological polar surface area (TPSA) is 15.3 Å². The number of halogens is 7. The summed E-state index contributed by atoms with van der Waals surface area (Å²) in [4.78, 5) is 1.95. The van der Waals surface area contributed by atoms with Crippen LogP contribution >= 0.6 is 12.4 Å². The van der Waals surface area contributed by atoms with Gasteiger partial charge in [0.15, 0.2) is 0 Å². The molecule has 1 fully saturated rings. The quantitative estimate of drug-likeness (QED) is 0.473. The predicted molar refractivity (Wildman–Crippen MR) is 95.0 cm³/mol. The minimum absolute atomic E-state index is 0. The highest BCUT2D eigenvalue weighted by molar-refractivity contribution is 5.85. The van der Waals surface area contributed by atoms with E-state index in [1.807, 2.05) is 11.8 Å². The molecule has 1 aromatic rings. The van der Waals surface area contributed by atoms with Crippen LogP contribution in [0.25, 0.3) is 0 Å². The Kier molecular flexibility index (Phi) is 8.89. The monoisotopic (exact) mass is 418 g/mol. The molecule has 0 bridgehead atoms. The fourth-order valence-electron chi connectivity index (χ4n) is 3.38. The number of piperazine rings is 1. The number of nitrogens with zero attached hydrogens (tertiary/aromatic N) is 1. The first-order valence-corrected chi connectivity index (χ1v) is 8.87. The number of hydrogen-bond donors (Lipinski definition) is 1. The number of rotatable bonds is 6. The lowest BCUT2D eigenvalue weighted by molar-refractivity contribution is -0.143. The maximum absolute atomic E-state index is 13.5. The molecule has 2 rings (SSSR count). The average Bonchev–Trinajstić information content (AvgIpc) is 2.57. The van der Waals surface area contributed by atoms with E-state index in [-0.39, 0.29) is 24.0 Å². The van der Waals surface area contributed by atoms with Gasteiger partial charge in [-0.25, -0.2) is 0 Å². The standard InChI is InChI=1S/C18H24F6N2.ClH/c1-2-3-4-5-16(26-10-8-25-9-11-26)14-7-6-13(17(19,20)21)12-15(14)18(22,23)24;/h6-7,12,16,25H,2-5,8-11H2,1H3;1H/t16-;/m0./s1. The van der Waals surface area contributed by atoms with Gasteiger partial charge in [0.2, 0.25) is 0 Å². The normalized spacial score (nSPS) is 17.4. The molecule has 1 aliphatic rings. The van der Waals surface area contributed by atoms with Crippen LogP contribution in [-0.4, -0.2) is 31.1 Å². The highest BCUT2D eigenvalue weighted by Gasteiger charge is 2.40. The predicted octanol–water partition coefficient (Wildman–Crippen LogP) is 5.67. The van der Waals surface area contributed by atoms with Crippen molar-refractivity contribution in [3.63, 3.8) is 0 Å². The van der Waals surface area contributed by atoms with Crippen LogP contribution in [-0.2, 0) is 12.4 Å². The fraction of sp³-hybridized carbons (Fsp3) is 0.667. The number of unbranched alkanes of at least 4 members (excludes halogenated alkanes) is 2. The molecule has 2 nitrogen and oxygen atoms in total. The van der Waals surface area contributed by atoms with Crippen molar-refractivity contribution in [3.8, 4) is 0 Å². The maximum atomic E-state index is 13.5. The molecule has 0 saturated carbocycles. The van der Waals surface area contributed by atoms with Crippen molar-refractivity contribution in [1.29, 1.82) is 0 Å². The molecule has 0 amide bonds. The average molecular weight is 419 g/mol. The summed E-state index contributed by atoms with van der Waals surface area (Å²) in [6, 6.07) is 1.51. The first kappa shape index (κ1) is 24.0. The van der Waals surface area contributed by atoms with Gasteiger partial charge in [-0.1, -0.05) is 32.3 Å². The molecular weight excluding hydrogens is 394 g/mol. The van der Waals surface area contributed by atoms with Crippen molar-refractivity contribution in [2.45, 2.75) is 51.0 Å². The van der Waals surface area contributed by atoms with E-state index >= 15 is 0 Å². The molecule has 0 spiro atoms. The van der Waals surface area contributed by atoms with E-state index in [4.69, 9.17) is 0 Å². The van der Waals surface area contributed by atoms with E-state index < -0.39 is 29.5 Å². The highest BCUT2D eigenvalue weighted by atomic mass is 35.5. The van der Waals surface area contributed by atoms with Gasteiger partial charge in [0.1, 0.15) is 0 Å². The molecule has 0 radical (unpaired) electrons. The zero-order chi connectivity index (χ0) is 19.4. The second-order valence-corrected chi connectivity index (χ2v) is 6.60. The van der Waals surface area contributed by atoms with Crippen molar-refractivity contribution in [2.24, 2.45) is 0 Å². The Balaban J connectivity index is 0.00000364. The third-order valence-corrected chi connectivity index (χ3v) is 4.72. The number of nitrogens with one attached hydrogen (secondary N) is 1. The zero-order valence-corrected chi connectivity index (χ0v) is 15.9. The smallest absolute Gasteiger partial charge is 0.314 e. The van der Waals surface area contributed by atoms with Crippen molar-refractivity contribution in [2.75, 3.05) is 26.2 Å². The molecule has 0 aliphatic carbocycles. The summed E-state index contributed by atoms with van der Waals surface area (Å²) in [5.74, 6) is 0. The molecule has 1 aliphatic heterocycles. The van der Waals surface area contributed by atoms with E-state index in [0.717, 1.165) is 31.4 Å². The molecule has 156 valence electrons. The van der Waals surface area contributed by atoms with Gasteiger partial charge in [-0.05, 0) is 24.1 Å². The van der Waals surface area contributed by atoms with E-state index in [1.165, 1.54) is 0 Å². The van der Waals surface area contributed by atoms with Gasteiger partial charge in [-0.3, -0.25) is 4.90 Å². The second kappa shape index (κ2) is 9.98. The van der Waals surface area contributed by atoms with E-state index in [1.54, 1.807) is 0 Å². The zero-order valence-electron chi connectivity index (χ0n) is 15.1. The third-order valence-electron chi connectivity index (χ3n) is 4.72. The largest absolute Gasteiger partial charge is 0.416 e. The molecule has 1 N–H and O–H groups in total. The van der Waals surface area contributed by atoms with Gasteiger partial charge >= 0.3 is 12.4 Å². The summed E-state index contributed by atoms with van der Waals surface area (Å²) in [7, 11) is 0. The van der Waals surface area contributed by atoms with E-state index in [0.29, 0.717) is 32.6 Å². The molecule has 1 heterocycles. The van der Waals surface area contributed by atoms with Crippen LogP contribution in [0.1, 0.15) is 55.3 Å². The SMILES string of the molecule is CCCCC[C@@H](c1ccc(C(F)(F)F)cc1C(F)(F)F)N1CCNCC1.Cl. The van der Waals surface area contributed by atoms with E-state index in [9.17, 15) is 26.3 Å². The van der Waals surface area contributed by atoms with Gasteiger partial charge in [-0.15, -0.1) is 12.4 Å². The Hall–Kier alpha value is -0.990. The summed E-state index contributed by atoms with van der Waals surface area (Å²) in [5, 5.41) is 3.15. The van der Waals surface area contributed by atoms with Gasteiger partial charge in [0, 0.05) is 32.2 Å². The van der Waals surface area contributed by atoms with Crippen LogP contribution in [0.3, 0.4) is 0 Å². The first-order valence-electron chi connectivity index (χ1n) is 8.87. The Bertz CT molecular complexity index is 582. The molecule has 1 saturated heterocycles. The summed E-state index contributed by atoms with van der Waals surface area (Å²) in [6.45, 7) is 4.47. The van der Waals surface area contributed by atoms with Gasteiger partial charge < -0.3 is 5.32 Å². The van der Waals surface area contributed by atoms with Crippen LogP contribution in [0.5, 0.6) is 0 Å². The van der Waals surface area contributed by atoms with Crippen LogP contribution in [0.2, 0.25) is 0 Å². The summed E-state index contributed by atoms with van der Waals surface area (Å²) in [6.07, 6.45) is -6.58. The van der Waals surface area contributed by atoms with Gasteiger partial charge in [-0.2, -0.15) is 26.3 Å². The lowest BCUT2D eigenvalue weighted by Gasteiger charge is -2.36. The summed E-state index contributed by atoms with van der Waals surface area (Å²) < 4.78 is 79.3. The van der Waals surface area contributed by atoms with Crippen molar-refractivity contribution >= 4 is 12.4 Å². The Morgan fingerprint density at radius 2 is 1.63 bits per heavy atom. The van der Waals surface area contributed by atoms with E-state index in [2.05, 4.69) is 5.32 Å². The van der Waals surface area contributed by atoms with Crippen molar-refractivity contribution in [3.05, 3.63) is 34.9 Å². The Morgan fingerprint density at radius 3 is 2.15 bits per heavy atom. The van der Waals surface area contributed by atoms with Crippen LogP contribution in [0.15, 0.2) is 18.2 Å². The number of hydrogen-bond acceptors (Lipinski definition) is 2. The third kappa shape index (κ3) is 6.54. The van der Waals surface area contributed by atoms with Crippen LogP contribution in [0.4, 0.5) is 26.3 Å². The molecule has 1 atom stereocenters. The molecule has 0 unspecified atom stereocenters. The molecule has 1 aromatic carbocycles. The number of alkyl halides is 6. The fourth-order valence-corrected chi connectivity index (χ4v) is 3.38. The molecule has 9 heteroatoms. The van der Waals surface area contributed by atoms with Gasteiger partial charge in [0.05, 0.1) is 11.1 Å². The highest BCUT2D eigenvalue weighted by Crippen LogP contribution is 2.41. The first-order chi connectivity index (χ1) is 12.1. The molecule has 0 aromatic heterocycles. The lowest BCUT2D eigenvalue weighted by Crippen LogP contribution is -2.45. The maximum Gasteiger partial charge on any atom is 0.416 e. The second-order valence-electron chi connectivity index (χ2n) is 6.60. The van der Waals surface area contributed by atoms with Crippen molar-refractivity contribution < 1.29 is 26.3 Å². The number of benzene rings is 1. The minimum Gasteiger partial charge on any atom is -0.314 e. The van der Waals surface area contributed by atoms with Gasteiger partial charge in [0.25, 0.3) is 0 Å². The Morgan fingerprint density at radius 1 is 1.00 bits per heavy atom. The summed E-state index contributed by atoms with van der Waals surface area (Å²) in [5.41, 5.74) is -2.49. The summed E-state index contributed by atoms with van der Waals surface area (Å²) >= 11 is 0. The Labute approximate surface area is 161 Å². The van der Waals surface area contributed by atoms with Crippen molar-refractivity contribution in [1.82, 2.24) is 10.2 Å². The molecule has 27 heavy (non-hydrogen) atoms. The molecular formula is C18H25ClF6N2. The van der Waals surface area contributed by atoms with Crippen LogP contribution < -0.4 is 5.32 Å². The van der Waals surface area contributed by atoms with Crippen LogP contribution in [0, 0.1) is 0 Å². The lowest BCUT2D eigenvalue weighted by atomic mass is 9.92. The minimum atomic E-state index is -4.83.